The molecule has 2 aromatic carbocycles. The third-order valence-electron chi connectivity index (χ3n) is 6.97. The zero-order chi connectivity index (χ0) is 31.1. The molecular formula is C28H35FN3O10P. The number of phosphoric acid groups is 1. The molecule has 0 amide bonds. The van der Waals surface area contributed by atoms with Gasteiger partial charge in [-0.2, -0.15) is 4.39 Å². The van der Waals surface area contributed by atoms with E-state index in [9.17, 15) is 33.3 Å². The fraction of sp³-hybridized carbons (Fsp3) is 0.464. The Labute approximate surface area is 246 Å². The molecule has 1 aliphatic rings. The van der Waals surface area contributed by atoms with Gasteiger partial charge in [-0.1, -0.05) is 62.6 Å². The predicted molar refractivity (Wildman–Crippen MR) is 154 cm³/mol. The molecule has 43 heavy (non-hydrogen) atoms. The maximum atomic E-state index is 13.7. The summed E-state index contributed by atoms with van der Waals surface area (Å²) in [7, 11) is -5.02. The Morgan fingerprint density at radius 1 is 1.21 bits per heavy atom. The highest BCUT2D eigenvalue weighted by Gasteiger charge is 2.39. The van der Waals surface area contributed by atoms with Crippen molar-refractivity contribution in [2.75, 3.05) is 18.3 Å². The number of rotatable bonds is 14. The van der Waals surface area contributed by atoms with Crippen molar-refractivity contribution in [3.8, 4) is 0 Å². The van der Waals surface area contributed by atoms with Gasteiger partial charge in [-0.15, -0.1) is 0 Å². The molecule has 1 fully saturated rings. The number of ether oxygens (including phenoxy) is 1. The van der Waals surface area contributed by atoms with Crippen LogP contribution < -0.4 is 16.3 Å². The van der Waals surface area contributed by atoms with E-state index >= 15 is 0 Å². The van der Waals surface area contributed by atoms with Crippen LogP contribution in [0.3, 0.4) is 0 Å². The largest absolute Gasteiger partial charge is 0.529 e. The number of benzene rings is 2. The zero-order valence-electron chi connectivity index (χ0n) is 23.8. The molecule has 1 unspecified atom stereocenters. The minimum Gasteiger partial charge on any atom is -0.390 e. The van der Waals surface area contributed by atoms with Crippen molar-refractivity contribution in [1.82, 2.24) is 9.55 Å². The molecule has 0 radical (unpaired) electrons. The highest BCUT2D eigenvalue weighted by molar-refractivity contribution is 7.48. The second-order valence-corrected chi connectivity index (χ2v) is 11.5. The quantitative estimate of drug-likeness (QED) is 0.136. The second-order valence-electron chi connectivity index (χ2n) is 10.1. The average Bonchev–Trinajstić information content (AvgIpc) is 3.35. The van der Waals surface area contributed by atoms with Crippen LogP contribution in [0, 0.1) is 5.82 Å². The van der Waals surface area contributed by atoms with Crippen LogP contribution in [0.15, 0.2) is 58.3 Å². The Morgan fingerprint density at radius 3 is 2.72 bits per heavy atom. The van der Waals surface area contributed by atoms with Gasteiger partial charge in [0.1, 0.15) is 12.3 Å². The third kappa shape index (κ3) is 8.17. The topological polar surface area (TPSA) is 170 Å². The smallest absolute Gasteiger partial charge is 0.390 e. The number of H-pyrrole nitrogens is 1. The predicted octanol–water partition coefficient (Wildman–Crippen LogP) is 3.54. The minimum absolute atomic E-state index is 0.207. The van der Waals surface area contributed by atoms with Gasteiger partial charge < -0.3 is 14.4 Å². The lowest BCUT2D eigenvalue weighted by Crippen LogP contribution is -2.40. The van der Waals surface area contributed by atoms with E-state index in [-0.39, 0.29) is 6.42 Å². The Morgan fingerprint density at radius 2 is 1.95 bits per heavy atom. The Kier molecular flexibility index (Phi) is 10.9. The molecule has 15 heteroatoms. The lowest BCUT2D eigenvalue weighted by molar-refractivity contribution is -0.139. The highest BCUT2D eigenvalue weighted by atomic mass is 31.2. The second kappa shape index (κ2) is 14.4. The van der Waals surface area contributed by atoms with E-state index in [0.29, 0.717) is 18.5 Å². The molecule has 3 aromatic rings. The number of aromatic amines is 1. The van der Waals surface area contributed by atoms with Crippen LogP contribution in [0.5, 0.6) is 0 Å². The number of unbranched alkanes of at least 4 members (excludes halogenated alkanes) is 3. The first-order chi connectivity index (χ1) is 20.5. The molecule has 2 heterocycles. The van der Waals surface area contributed by atoms with E-state index in [1.807, 2.05) is 30.3 Å². The summed E-state index contributed by atoms with van der Waals surface area (Å²) in [5.74, 6) is -2.34. The number of hydrogen-bond donors (Lipinski definition) is 3. The van der Waals surface area contributed by atoms with E-state index in [4.69, 9.17) is 18.6 Å². The summed E-state index contributed by atoms with van der Waals surface area (Å²) in [6.45, 7) is 3.15. The van der Waals surface area contributed by atoms with Gasteiger partial charge in [0.2, 0.25) is 5.82 Å². The van der Waals surface area contributed by atoms with Gasteiger partial charge in [0.15, 0.2) is 6.04 Å². The number of hydroxylamine groups is 1. The molecule has 3 N–H and O–H groups in total. The first kappa shape index (κ1) is 32.5. The minimum atomic E-state index is -5.02. The molecule has 1 saturated heterocycles. The van der Waals surface area contributed by atoms with Crippen LogP contribution in [0.2, 0.25) is 0 Å². The van der Waals surface area contributed by atoms with Crippen molar-refractivity contribution in [3.05, 3.63) is 75.3 Å². The first-order valence-electron chi connectivity index (χ1n) is 14.0. The number of phosphoric ester groups is 1. The van der Waals surface area contributed by atoms with Gasteiger partial charge in [-0.25, -0.2) is 19.2 Å². The molecule has 1 aromatic heterocycles. The summed E-state index contributed by atoms with van der Waals surface area (Å²) in [6, 6.07) is 11.8. The van der Waals surface area contributed by atoms with Gasteiger partial charge >= 0.3 is 19.5 Å². The molecule has 5 atom stereocenters. The summed E-state index contributed by atoms with van der Waals surface area (Å²) >= 11 is 0. The molecule has 0 saturated carbocycles. The summed E-state index contributed by atoms with van der Waals surface area (Å²) in [6.07, 6.45) is 0.449. The van der Waals surface area contributed by atoms with Crippen LogP contribution in [-0.4, -0.2) is 57.0 Å². The number of fused-ring (bicyclic) bond motifs is 1. The van der Waals surface area contributed by atoms with Crippen molar-refractivity contribution in [2.45, 2.75) is 70.4 Å². The Balaban J connectivity index is 1.42. The number of anilines is 1. The van der Waals surface area contributed by atoms with Crippen LogP contribution in [0.25, 0.3) is 10.8 Å². The number of hydrogen-bond acceptors (Lipinski definition) is 10. The SMILES string of the molecule is CCCCCCON(c1cccc2ccccc12)[C@@H](C)C(=O)OP(=O)(O)OC[C@H]1O[C@@H](n2cc(F)c(=O)[nH]c2=O)C[C@@H]1O. The summed E-state index contributed by atoms with van der Waals surface area (Å²) in [5, 5.41) is 13.4. The molecule has 234 valence electrons. The summed E-state index contributed by atoms with van der Waals surface area (Å²) in [4.78, 5) is 54.5. The van der Waals surface area contributed by atoms with Crippen LogP contribution in [0.1, 0.15) is 52.2 Å². The Hall–Kier alpha value is -3.39. The number of aromatic nitrogens is 2. The molecule has 1 aliphatic heterocycles. The van der Waals surface area contributed by atoms with E-state index in [2.05, 4.69) is 6.92 Å². The number of aliphatic hydroxyl groups excluding tert-OH is 1. The van der Waals surface area contributed by atoms with Gasteiger partial charge in [-0.05, 0) is 24.8 Å². The van der Waals surface area contributed by atoms with Crippen molar-refractivity contribution in [2.24, 2.45) is 0 Å². The fourth-order valence-corrected chi connectivity index (χ4v) is 5.44. The van der Waals surface area contributed by atoms with E-state index in [1.165, 1.54) is 12.0 Å². The molecule has 13 nitrogen and oxygen atoms in total. The molecule has 0 aliphatic carbocycles. The van der Waals surface area contributed by atoms with Gasteiger partial charge in [0.05, 0.1) is 31.2 Å². The van der Waals surface area contributed by atoms with E-state index in [1.54, 1.807) is 17.1 Å². The van der Waals surface area contributed by atoms with Gasteiger partial charge in [0.25, 0.3) is 5.56 Å². The standard InChI is InChI=1S/C28H35FN3O10P/c1-3-4-5-8-14-39-32(22-13-9-11-19-10-6-7-12-20(19)22)18(2)27(35)42-43(37,38)40-17-24-23(33)15-25(41-24)31-16-21(29)26(34)30-28(31)36/h6-7,9-13,16,18,23-25,33H,3-5,8,14-15,17H2,1-2H3,(H,37,38)(H,30,34,36)/t18-,23-,24+,25+/m0/s1. The van der Waals surface area contributed by atoms with Crippen LogP contribution in [-0.2, 0) is 28.0 Å². The lowest BCUT2D eigenvalue weighted by atomic mass is 10.1. The van der Waals surface area contributed by atoms with Crippen LogP contribution >= 0.6 is 7.82 Å². The maximum Gasteiger partial charge on any atom is 0.529 e. The lowest BCUT2D eigenvalue weighted by Gasteiger charge is -2.30. The fourth-order valence-electron chi connectivity index (χ4n) is 4.67. The number of nitrogens with zero attached hydrogens (tertiary/aromatic N) is 2. The van der Waals surface area contributed by atoms with E-state index in [0.717, 1.165) is 41.0 Å². The first-order valence-corrected chi connectivity index (χ1v) is 15.5. The number of aliphatic hydroxyl groups is 1. The average molecular weight is 624 g/mol. The maximum absolute atomic E-state index is 13.7. The number of nitrogens with one attached hydrogen (secondary N) is 1. The number of halogens is 1. The third-order valence-corrected chi connectivity index (χ3v) is 7.86. The number of carbonyl (C=O) groups excluding carboxylic acids is 1. The zero-order valence-corrected chi connectivity index (χ0v) is 24.7. The van der Waals surface area contributed by atoms with E-state index < -0.39 is 61.9 Å². The highest BCUT2D eigenvalue weighted by Crippen LogP contribution is 2.45. The van der Waals surface area contributed by atoms with Crippen molar-refractivity contribution < 1.29 is 42.4 Å². The molecule has 0 bridgehead atoms. The summed E-state index contributed by atoms with van der Waals surface area (Å²) in [5.41, 5.74) is -1.61. The summed E-state index contributed by atoms with van der Waals surface area (Å²) < 4.78 is 42.5. The van der Waals surface area contributed by atoms with Crippen molar-refractivity contribution >= 4 is 30.3 Å². The molecular weight excluding hydrogens is 588 g/mol. The van der Waals surface area contributed by atoms with Crippen molar-refractivity contribution in [1.29, 1.82) is 0 Å². The number of carbonyl (C=O) groups is 1. The van der Waals surface area contributed by atoms with Gasteiger partial charge in [-0.3, -0.25) is 28.6 Å². The molecule has 0 spiro atoms. The van der Waals surface area contributed by atoms with Gasteiger partial charge in [0, 0.05) is 11.8 Å². The normalized spacial score (nSPS) is 20.5. The van der Waals surface area contributed by atoms with Crippen LogP contribution in [0.4, 0.5) is 10.1 Å². The Bertz CT molecular complexity index is 1570. The monoisotopic (exact) mass is 623 g/mol. The molecule has 4 rings (SSSR count). The van der Waals surface area contributed by atoms with Crippen molar-refractivity contribution in [3.63, 3.8) is 0 Å².